The molecule has 0 saturated heterocycles. The Kier molecular flexibility index (Phi) is 5.87. The number of benzene rings is 1. The molecule has 0 unspecified atom stereocenters. The summed E-state index contributed by atoms with van der Waals surface area (Å²) < 4.78 is 2.05. The summed E-state index contributed by atoms with van der Waals surface area (Å²) in [6, 6.07) is 9.15. The quantitative estimate of drug-likeness (QED) is 0.474. The Hall–Kier alpha value is -2.38. The predicted octanol–water partition coefficient (Wildman–Crippen LogP) is 4.60. The fourth-order valence-electron chi connectivity index (χ4n) is 3.70. The number of carbonyl (C=O) groups is 1. The normalized spacial score (nSPS) is 14.4. The molecule has 3 aromatic rings. The van der Waals surface area contributed by atoms with Gasteiger partial charge >= 0.3 is 0 Å². The number of nitrogens with zero attached hydrogens (tertiary/aromatic N) is 3. The van der Waals surface area contributed by atoms with Crippen LogP contribution in [0.2, 0.25) is 5.02 Å². The van der Waals surface area contributed by atoms with E-state index in [0.717, 1.165) is 31.2 Å². The molecule has 29 heavy (non-hydrogen) atoms. The van der Waals surface area contributed by atoms with Crippen LogP contribution in [0.15, 0.2) is 46.5 Å². The maximum Gasteiger partial charge on any atom is 0.283 e. The van der Waals surface area contributed by atoms with Crippen LogP contribution in [0.25, 0.3) is 11.0 Å². The second kappa shape index (κ2) is 8.55. The van der Waals surface area contributed by atoms with E-state index in [0.29, 0.717) is 26.9 Å². The Balaban J connectivity index is 1.60. The minimum atomic E-state index is -0.309. The number of hydrogen-bond donors (Lipinski definition) is 1. The molecule has 0 atom stereocenters. The Morgan fingerprint density at radius 3 is 2.86 bits per heavy atom. The smallest absolute Gasteiger partial charge is 0.283 e. The van der Waals surface area contributed by atoms with Crippen molar-refractivity contribution >= 4 is 46.0 Å². The van der Waals surface area contributed by atoms with Crippen molar-refractivity contribution in [2.45, 2.75) is 43.8 Å². The van der Waals surface area contributed by atoms with Gasteiger partial charge in [0, 0.05) is 22.9 Å². The van der Waals surface area contributed by atoms with Crippen molar-refractivity contribution < 1.29 is 4.79 Å². The fourth-order valence-corrected chi connectivity index (χ4v) is 4.73. The summed E-state index contributed by atoms with van der Waals surface area (Å²) >= 11 is 7.39. The summed E-state index contributed by atoms with van der Waals surface area (Å²) in [5, 5.41) is 4.56. The molecule has 0 spiro atoms. The lowest BCUT2D eigenvalue weighted by Crippen LogP contribution is -2.21. The van der Waals surface area contributed by atoms with Gasteiger partial charge in [0.2, 0.25) is 5.91 Å². The zero-order valence-corrected chi connectivity index (χ0v) is 17.6. The van der Waals surface area contributed by atoms with Crippen LogP contribution in [0.4, 0.5) is 5.69 Å². The average Bonchev–Trinajstić information content (AvgIpc) is 3.24. The predicted molar refractivity (Wildman–Crippen MR) is 117 cm³/mol. The highest BCUT2D eigenvalue weighted by Crippen LogP contribution is 2.34. The van der Waals surface area contributed by atoms with Gasteiger partial charge in [-0.15, -0.1) is 0 Å². The van der Waals surface area contributed by atoms with Crippen LogP contribution >= 0.6 is 23.4 Å². The molecule has 1 aromatic carbocycles. The van der Waals surface area contributed by atoms with Crippen molar-refractivity contribution in [1.82, 2.24) is 14.5 Å². The van der Waals surface area contributed by atoms with Crippen molar-refractivity contribution in [1.29, 1.82) is 0 Å². The Morgan fingerprint density at radius 1 is 1.28 bits per heavy atom. The van der Waals surface area contributed by atoms with Crippen LogP contribution in [0.3, 0.4) is 0 Å². The van der Waals surface area contributed by atoms with Crippen LogP contribution < -0.4 is 10.9 Å². The van der Waals surface area contributed by atoms with E-state index in [1.807, 2.05) is 17.6 Å². The van der Waals surface area contributed by atoms with Gasteiger partial charge in [0.15, 0.2) is 5.16 Å². The van der Waals surface area contributed by atoms with E-state index in [2.05, 4.69) is 15.3 Å². The lowest BCUT2D eigenvalue weighted by atomic mass is 10.2. The van der Waals surface area contributed by atoms with E-state index in [1.165, 1.54) is 11.8 Å². The number of carbonyl (C=O) groups excluding carboxylic acids is 1. The second-order valence-electron chi connectivity index (χ2n) is 7.13. The van der Waals surface area contributed by atoms with Gasteiger partial charge in [0.25, 0.3) is 5.56 Å². The molecule has 0 radical (unpaired) electrons. The zero-order valence-electron chi connectivity index (χ0n) is 16.0. The van der Waals surface area contributed by atoms with E-state index >= 15 is 0 Å². The van der Waals surface area contributed by atoms with E-state index in [9.17, 15) is 9.59 Å². The molecule has 1 aliphatic carbocycles. The van der Waals surface area contributed by atoms with Crippen molar-refractivity contribution in [3.8, 4) is 0 Å². The number of rotatable bonds is 5. The van der Waals surface area contributed by atoms with Crippen LogP contribution in [0.5, 0.6) is 0 Å². The lowest BCUT2D eigenvalue weighted by Gasteiger charge is -2.20. The summed E-state index contributed by atoms with van der Waals surface area (Å²) in [6.45, 7) is 1.86. The Labute approximate surface area is 177 Å². The summed E-state index contributed by atoms with van der Waals surface area (Å²) in [6.07, 6.45) is 6.03. The number of halogens is 1. The van der Waals surface area contributed by atoms with Crippen LogP contribution in [-0.4, -0.2) is 26.2 Å². The highest BCUT2D eigenvalue weighted by atomic mass is 35.5. The van der Waals surface area contributed by atoms with Gasteiger partial charge in [0.1, 0.15) is 5.65 Å². The van der Waals surface area contributed by atoms with Crippen molar-refractivity contribution in [3.63, 3.8) is 0 Å². The molecule has 1 saturated carbocycles. The van der Waals surface area contributed by atoms with Crippen molar-refractivity contribution in [2.24, 2.45) is 0 Å². The standard InChI is InChI=1S/C21H21ClN4O2S/c1-13-16(22)9-4-10-17(13)24-18(27)12-29-21-25-20(28)15-8-5-11-23-19(15)26(21)14-6-2-3-7-14/h4-5,8-11,14H,2-3,6-7,12H2,1H3,(H,24,27). The van der Waals surface area contributed by atoms with Gasteiger partial charge < -0.3 is 9.88 Å². The molecule has 1 aliphatic rings. The van der Waals surface area contributed by atoms with Gasteiger partial charge in [-0.3, -0.25) is 9.59 Å². The van der Waals surface area contributed by atoms with Crippen molar-refractivity contribution in [3.05, 3.63) is 57.5 Å². The zero-order chi connectivity index (χ0) is 20.4. The first-order chi connectivity index (χ1) is 14.0. The summed E-state index contributed by atoms with van der Waals surface area (Å²) in [5.74, 6) is -0.0302. The summed E-state index contributed by atoms with van der Waals surface area (Å²) in [5.41, 5.74) is 1.84. The molecular formula is C21H21ClN4O2S. The number of pyridine rings is 1. The summed E-state index contributed by atoms with van der Waals surface area (Å²) in [4.78, 5) is 33.8. The fraction of sp³-hybridized carbons (Fsp3) is 0.333. The maximum atomic E-state index is 12.5. The summed E-state index contributed by atoms with van der Waals surface area (Å²) in [7, 11) is 0. The Bertz CT molecular complexity index is 1130. The highest BCUT2D eigenvalue weighted by Gasteiger charge is 2.23. The van der Waals surface area contributed by atoms with E-state index < -0.39 is 0 Å². The van der Waals surface area contributed by atoms with Crippen molar-refractivity contribution in [2.75, 3.05) is 11.1 Å². The van der Waals surface area contributed by atoms with Gasteiger partial charge in [-0.05, 0) is 49.6 Å². The molecule has 4 rings (SSSR count). The van der Waals surface area contributed by atoms with Gasteiger partial charge in [0.05, 0.1) is 11.1 Å². The first-order valence-corrected chi connectivity index (χ1v) is 11.0. The maximum absolute atomic E-state index is 12.5. The molecule has 1 fully saturated rings. The number of hydrogen-bond acceptors (Lipinski definition) is 5. The number of amides is 1. The van der Waals surface area contributed by atoms with E-state index in [1.54, 1.807) is 30.5 Å². The van der Waals surface area contributed by atoms with Gasteiger partial charge in [-0.2, -0.15) is 4.98 Å². The molecular weight excluding hydrogens is 408 g/mol. The number of fused-ring (bicyclic) bond motifs is 1. The number of nitrogens with one attached hydrogen (secondary N) is 1. The molecule has 2 aromatic heterocycles. The number of aromatic nitrogens is 3. The van der Waals surface area contributed by atoms with Crippen LogP contribution in [0, 0.1) is 6.92 Å². The van der Waals surface area contributed by atoms with Gasteiger partial charge in [-0.1, -0.05) is 42.3 Å². The molecule has 8 heteroatoms. The first-order valence-electron chi connectivity index (χ1n) is 9.59. The third-order valence-corrected chi connectivity index (χ3v) is 6.57. The Morgan fingerprint density at radius 2 is 2.07 bits per heavy atom. The third-order valence-electron chi connectivity index (χ3n) is 5.21. The molecule has 0 bridgehead atoms. The second-order valence-corrected chi connectivity index (χ2v) is 8.48. The topological polar surface area (TPSA) is 76.9 Å². The number of anilines is 1. The molecule has 0 aliphatic heterocycles. The number of thioether (sulfide) groups is 1. The molecule has 1 N–H and O–H groups in total. The monoisotopic (exact) mass is 428 g/mol. The highest BCUT2D eigenvalue weighted by molar-refractivity contribution is 7.99. The lowest BCUT2D eigenvalue weighted by molar-refractivity contribution is -0.113. The SMILES string of the molecule is Cc1c(Cl)cccc1NC(=O)CSc1nc(=O)c2cccnc2n1C1CCCC1. The molecule has 1 amide bonds. The van der Waals surface area contributed by atoms with Gasteiger partial charge in [-0.25, -0.2) is 4.98 Å². The molecule has 2 heterocycles. The third kappa shape index (κ3) is 4.16. The van der Waals surface area contributed by atoms with Crippen LogP contribution in [-0.2, 0) is 4.79 Å². The van der Waals surface area contributed by atoms with E-state index in [4.69, 9.17) is 11.6 Å². The molecule has 6 nitrogen and oxygen atoms in total. The first kappa shape index (κ1) is 19.9. The minimum absolute atomic E-state index is 0.142. The van der Waals surface area contributed by atoms with Crippen LogP contribution in [0.1, 0.15) is 37.3 Å². The minimum Gasteiger partial charge on any atom is -0.325 e. The molecule has 150 valence electrons. The average molecular weight is 429 g/mol. The van der Waals surface area contributed by atoms with E-state index in [-0.39, 0.29) is 23.3 Å². The largest absolute Gasteiger partial charge is 0.325 e.